The molecule has 1 fully saturated rings. The molecule has 1 heterocycles. The Morgan fingerprint density at radius 2 is 1.84 bits per heavy atom. The minimum atomic E-state index is -0.820. The van der Waals surface area contributed by atoms with Crippen LogP contribution < -0.4 is 0 Å². The number of carbonyl (C=O) groups excluding carboxylic acids is 1. The van der Waals surface area contributed by atoms with Crippen LogP contribution in [0.2, 0.25) is 0 Å². The van der Waals surface area contributed by atoms with E-state index < -0.39 is 11.9 Å². The van der Waals surface area contributed by atoms with Crippen molar-refractivity contribution in [2.75, 3.05) is 20.1 Å². The lowest BCUT2D eigenvalue weighted by atomic mass is 9.97. The molecule has 0 aromatic heterocycles. The average molecular weight is 270 g/mol. The molecule has 0 spiro atoms. The lowest BCUT2D eigenvalue weighted by Gasteiger charge is -2.40. The largest absolute Gasteiger partial charge is 0.481 e. The number of nitrogens with zero attached hydrogens (tertiary/aromatic N) is 2. The summed E-state index contributed by atoms with van der Waals surface area (Å²) >= 11 is 0. The number of carboxylic acids is 1. The van der Waals surface area contributed by atoms with Gasteiger partial charge in [-0.05, 0) is 40.2 Å². The molecule has 0 radical (unpaired) electrons. The van der Waals surface area contributed by atoms with Crippen LogP contribution in [0.1, 0.15) is 40.0 Å². The zero-order chi connectivity index (χ0) is 14.6. The van der Waals surface area contributed by atoms with Crippen LogP contribution in [0.4, 0.5) is 0 Å². The van der Waals surface area contributed by atoms with Crippen molar-refractivity contribution < 1.29 is 14.7 Å². The molecular weight excluding hydrogens is 244 g/mol. The Labute approximate surface area is 115 Å². The second-order valence-electron chi connectivity index (χ2n) is 5.87. The van der Waals surface area contributed by atoms with Crippen molar-refractivity contribution in [1.82, 2.24) is 9.80 Å². The van der Waals surface area contributed by atoms with E-state index in [1.54, 1.807) is 18.9 Å². The number of carboxylic acid groups (broad SMARTS) is 1. The molecule has 5 heteroatoms. The Hall–Kier alpha value is -1.10. The van der Waals surface area contributed by atoms with E-state index in [4.69, 9.17) is 5.11 Å². The van der Waals surface area contributed by atoms with Gasteiger partial charge in [-0.1, -0.05) is 6.92 Å². The quantitative estimate of drug-likeness (QED) is 0.821. The predicted octanol–water partition coefficient (Wildman–Crippen LogP) is 1.43. The molecule has 0 aromatic rings. The van der Waals surface area contributed by atoms with Gasteiger partial charge in [0, 0.05) is 18.6 Å². The third-order valence-electron chi connectivity index (χ3n) is 3.89. The first kappa shape index (κ1) is 16.0. The third-order valence-corrected chi connectivity index (χ3v) is 3.89. The minimum Gasteiger partial charge on any atom is -0.481 e. The number of hydrogen-bond donors (Lipinski definition) is 1. The second-order valence-corrected chi connectivity index (χ2v) is 5.87. The van der Waals surface area contributed by atoms with Crippen molar-refractivity contribution in [3.05, 3.63) is 0 Å². The number of likely N-dealkylation sites (tertiary alicyclic amines) is 1. The highest BCUT2D eigenvalue weighted by molar-refractivity contribution is 5.79. The summed E-state index contributed by atoms with van der Waals surface area (Å²) in [6, 6.07) is 0.586. The predicted molar refractivity (Wildman–Crippen MR) is 73.9 cm³/mol. The first-order chi connectivity index (χ1) is 8.82. The lowest BCUT2D eigenvalue weighted by Crippen LogP contribution is -2.51. The zero-order valence-corrected chi connectivity index (χ0v) is 12.4. The molecule has 0 aromatic carbocycles. The van der Waals surface area contributed by atoms with Gasteiger partial charge >= 0.3 is 5.97 Å². The van der Waals surface area contributed by atoms with Gasteiger partial charge in [-0.15, -0.1) is 0 Å². The Balaban J connectivity index is 2.51. The highest BCUT2D eigenvalue weighted by atomic mass is 16.4. The maximum atomic E-state index is 12.3. The number of rotatable bonds is 5. The van der Waals surface area contributed by atoms with E-state index in [-0.39, 0.29) is 5.91 Å². The maximum Gasteiger partial charge on any atom is 0.307 e. The van der Waals surface area contributed by atoms with Crippen molar-refractivity contribution in [3.63, 3.8) is 0 Å². The van der Waals surface area contributed by atoms with Gasteiger partial charge in [-0.3, -0.25) is 14.5 Å². The number of carbonyl (C=O) groups is 2. The number of hydrogen-bond acceptors (Lipinski definition) is 3. The Morgan fingerprint density at radius 3 is 2.32 bits per heavy atom. The summed E-state index contributed by atoms with van der Waals surface area (Å²) in [5, 5.41) is 8.88. The fraction of sp³-hybridized carbons (Fsp3) is 0.857. The Kier molecular flexibility index (Phi) is 5.79. The summed E-state index contributed by atoms with van der Waals surface area (Å²) in [6.45, 7) is 6.54. The van der Waals surface area contributed by atoms with Crippen molar-refractivity contribution in [2.24, 2.45) is 5.92 Å². The fourth-order valence-corrected chi connectivity index (χ4v) is 2.84. The highest BCUT2D eigenvalue weighted by Crippen LogP contribution is 2.22. The highest BCUT2D eigenvalue weighted by Gasteiger charge is 2.29. The van der Waals surface area contributed by atoms with Crippen LogP contribution in [0.3, 0.4) is 0 Å². The molecule has 5 nitrogen and oxygen atoms in total. The SMILES string of the molecule is CC(CN(C)CC(=O)N1C(C)CCCC1C)C(=O)O. The van der Waals surface area contributed by atoms with Crippen molar-refractivity contribution in [3.8, 4) is 0 Å². The third kappa shape index (κ3) is 4.49. The lowest BCUT2D eigenvalue weighted by molar-refractivity contribution is -0.143. The van der Waals surface area contributed by atoms with Gasteiger partial charge in [0.15, 0.2) is 0 Å². The van der Waals surface area contributed by atoms with Gasteiger partial charge in [0.25, 0.3) is 0 Å². The molecule has 1 rings (SSSR count). The van der Waals surface area contributed by atoms with Crippen LogP contribution in [0.5, 0.6) is 0 Å². The van der Waals surface area contributed by atoms with E-state index in [2.05, 4.69) is 13.8 Å². The van der Waals surface area contributed by atoms with Gasteiger partial charge in [-0.25, -0.2) is 0 Å². The van der Waals surface area contributed by atoms with E-state index in [1.807, 2.05) is 4.90 Å². The van der Waals surface area contributed by atoms with Gasteiger partial charge in [-0.2, -0.15) is 0 Å². The van der Waals surface area contributed by atoms with E-state index >= 15 is 0 Å². The van der Waals surface area contributed by atoms with Crippen LogP contribution in [0.25, 0.3) is 0 Å². The number of likely N-dealkylation sites (N-methyl/N-ethyl adjacent to an activating group) is 1. The van der Waals surface area contributed by atoms with Gasteiger partial charge in [0.05, 0.1) is 12.5 Å². The molecule has 0 aliphatic carbocycles. The summed E-state index contributed by atoms with van der Waals surface area (Å²) in [7, 11) is 1.80. The summed E-state index contributed by atoms with van der Waals surface area (Å²) in [5.41, 5.74) is 0. The van der Waals surface area contributed by atoms with Crippen molar-refractivity contribution >= 4 is 11.9 Å². The van der Waals surface area contributed by atoms with E-state index in [1.165, 1.54) is 6.42 Å². The summed E-state index contributed by atoms with van der Waals surface area (Å²) in [6.07, 6.45) is 3.30. The summed E-state index contributed by atoms with van der Waals surface area (Å²) in [4.78, 5) is 26.9. The minimum absolute atomic E-state index is 0.111. The first-order valence-corrected chi connectivity index (χ1v) is 7.05. The topological polar surface area (TPSA) is 60.9 Å². The zero-order valence-electron chi connectivity index (χ0n) is 12.4. The molecule has 1 aliphatic heterocycles. The van der Waals surface area contributed by atoms with Crippen LogP contribution in [0, 0.1) is 5.92 Å². The van der Waals surface area contributed by atoms with Gasteiger partial charge in [0.1, 0.15) is 0 Å². The molecule has 1 amide bonds. The molecule has 0 saturated carbocycles. The molecule has 110 valence electrons. The average Bonchev–Trinajstić information content (AvgIpc) is 2.27. The standard InChI is InChI=1S/C14H26N2O3/c1-10(14(18)19)8-15(4)9-13(17)16-11(2)6-5-7-12(16)3/h10-12H,5-9H2,1-4H3,(H,18,19). The van der Waals surface area contributed by atoms with E-state index in [9.17, 15) is 9.59 Å². The smallest absolute Gasteiger partial charge is 0.307 e. The fourth-order valence-electron chi connectivity index (χ4n) is 2.84. The molecule has 1 N–H and O–H groups in total. The second kappa shape index (κ2) is 6.89. The molecular formula is C14H26N2O3. The maximum absolute atomic E-state index is 12.3. The van der Waals surface area contributed by atoms with Crippen molar-refractivity contribution in [2.45, 2.75) is 52.1 Å². The van der Waals surface area contributed by atoms with Crippen molar-refractivity contribution in [1.29, 1.82) is 0 Å². The Morgan fingerprint density at radius 1 is 1.32 bits per heavy atom. The molecule has 0 bridgehead atoms. The molecule has 1 aliphatic rings. The van der Waals surface area contributed by atoms with E-state index in [0.29, 0.717) is 25.2 Å². The van der Waals surface area contributed by atoms with E-state index in [0.717, 1.165) is 12.8 Å². The Bertz CT molecular complexity index is 323. The molecule has 3 unspecified atom stereocenters. The van der Waals surface area contributed by atoms with Crippen LogP contribution >= 0.6 is 0 Å². The number of amides is 1. The number of piperidine rings is 1. The van der Waals surface area contributed by atoms with Crippen LogP contribution in [0.15, 0.2) is 0 Å². The van der Waals surface area contributed by atoms with Gasteiger partial charge < -0.3 is 10.0 Å². The first-order valence-electron chi connectivity index (χ1n) is 7.05. The molecule has 19 heavy (non-hydrogen) atoms. The summed E-state index contributed by atoms with van der Waals surface area (Å²) in [5.74, 6) is -1.16. The molecule has 1 saturated heterocycles. The van der Waals surface area contributed by atoms with Gasteiger partial charge in [0.2, 0.25) is 5.91 Å². The monoisotopic (exact) mass is 270 g/mol. The summed E-state index contributed by atoms with van der Waals surface area (Å²) < 4.78 is 0. The van der Waals surface area contributed by atoms with Crippen LogP contribution in [-0.2, 0) is 9.59 Å². The molecule has 3 atom stereocenters. The normalized spacial score (nSPS) is 25.4. The van der Waals surface area contributed by atoms with Crippen LogP contribution in [-0.4, -0.2) is 59.0 Å². The number of aliphatic carboxylic acids is 1.